The molecule has 2 fully saturated rings. The molecule has 1 N–H and O–H groups in total. The third-order valence-electron chi connectivity index (χ3n) is 6.74. The Morgan fingerprint density at radius 3 is 2.46 bits per heavy atom. The van der Waals surface area contributed by atoms with Gasteiger partial charge in [-0.3, -0.25) is 0 Å². The zero-order chi connectivity index (χ0) is 19.1. The second-order valence-electron chi connectivity index (χ2n) is 9.57. The predicted molar refractivity (Wildman–Crippen MR) is 115 cm³/mol. The number of hydrogen-bond donors (Lipinski definition) is 1. The fraction of sp³-hybridized carbons (Fsp3) is 0.583. The summed E-state index contributed by atoms with van der Waals surface area (Å²) in [5.41, 5.74) is 4.18. The van der Waals surface area contributed by atoms with Crippen molar-refractivity contribution in [2.75, 3.05) is 10.2 Å². The topological polar surface area (TPSA) is 41.1 Å². The molecule has 0 spiro atoms. The zero-order valence-corrected chi connectivity index (χ0v) is 17.2. The largest absolute Gasteiger partial charge is 0.351 e. The molecule has 0 atom stereocenters. The summed E-state index contributed by atoms with van der Waals surface area (Å²) in [5, 5.41) is 3.68. The number of rotatable bonds is 4. The number of fused-ring (bicyclic) bond motifs is 1. The van der Waals surface area contributed by atoms with Gasteiger partial charge < -0.3 is 10.2 Å². The maximum atomic E-state index is 5.03. The standard InChI is InChI=1S/C24H32N4/c1-24(2)15-18-8-6-7-9-19(18)16-28(24)22-14-21(17-12-13-17)26-23(27-22)25-20-10-4-3-5-11-20/h6-9,14,17,20H,3-5,10-13,15-16H2,1-2H3,(H,25,26,27). The van der Waals surface area contributed by atoms with E-state index in [1.807, 2.05) is 0 Å². The number of benzene rings is 1. The van der Waals surface area contributed by atoms with Gasteiger partial charge in [-0.25, -0.2) is 4.98 Å². The van der Waals surface area contributed by atoms with Gasteiger partial charge in [0.2, 0.25) is 5.95 Å². The van der Waals surface area contributed by atoms with Crippen molar-refractivity contribution in [3.8, 4) is 0 Å². The van der Waals surface area contributed by atoms with Crippen LogP contribution in [-0.4, -0.2) is 21.5 Å². The molecule has 148 valence electrons. The van der Waals surface area contributed by atoms with Crippen molar-refractivity contribution < 1.29 is 0 Å². The lowest BCUT2D eigenvalue weighted by molar-refractivity contribution is 0.426. The Morgan fingerprint density at radius 1 is 0.964 bits per heavy atom. The molecule has 5 rings (SSSR count). The molecular formula is C24H32N4. The summed E-state index contributed by atoms with van der Waals surface area (Å²) in [6, 6.07) is 11.7. The van der Waals surface area contributed by atoms with Crippen LogP contribution in [0.4, 0.5) is 11.8 Å². The smallest absolute Gasteiger partial charge is 0.225 e. The van der Waals surface area contributed by atoms with E-state index in [2.05, 4.69) is 54.4 Å². The Balaban J connectivity index is 1.48. The molecule has 2 heterocycles. The summed E-state index contributed by atoms with van der Waals surface area (Å²) >= 11 is 0. The maximum Gasteiger partial charge on any atom is 0.225 e. The molecule has 1 aromatic heterocycles. The molecule has 1 aliphatic heterocycles. The highest BCUT2D eigenvalue weighted by molar-refractivity contribution is 5.52. The van der Waals surface area contributed by atoms with Gasteiger partial charge in [-0.05, 0) is 57.1 Å². The molecule has 28 heavy (non-hydrogen) atoms. The first-order valence-electron chi connectivity index (χ1n) is 11.1. The number of aromatic nitrogens is 2. The van der Waals surface area contributed by atoms with Crippen LogP contribution in [0.2, 0.25) is 0 Å². The van der Waals surface area contributed by atoms with Crippen LogP contribution in [0.15, 0.2) is 30.3 Å². The monoisotopic (exact) mass is 376 g/mol. The normalized spacial score (nSPS) is 22.0. The maximum absolute atomic E-state index is 5.03. The van der Waals surface area contributed by atoms with Crippen LogP contribution in [-0.2, 0) is 13.0 Å². The van der Waals surface area contributed by atoms with Gasteiger partial charge in [0.15, 0.2) is 0 Å². The van der Waals surface area contributed by atoms with Crippen molar-refractivity contribution in [3.05, 3.63) is 47.2 Å². The SMILES string of the molecule is CC1(C)Cc2ccccc2CN1c1cc(C2CC2)nc(NC2CCCCC2)n1. The number of nitrogens with zero attached hydrogens (tertiary/aromatic N) is 3. The van der Waals surface area contributed by atoms with Crippen molar-refractivity contribution in [1.29, 1.82) is 0 Å². The van der Waals surface area contributed by atoms with Gasteiger partial charge >= 0.3 is 0 Å². The first-order valence-corrected chi connectivity index (χ1v) is 11.1. The van der Waals surface area contributed by atoms with Crippen LogP contribution in [0, 0.1) is 0 Å². The molecule has 4 heteroatoms. The Hall–Kier alpha value is -2.10. The van der Waals surface area contributed by atoms with E-state index in [-0.39, 0.29) is 5.54 Å². The summed E-state index contributed by atoms with van der Waals surface area (Å²) in [6.45, 7) is 5.61. The molecule has 2 aliphatic carbocycles. The summed E-state index contributed by atoms with van der Waals surface area (Å²) in [6.07, 6.45) is 10.1. The average Bonchev–Trinajstić information content (AvgIpc) is 3.53. The Morgan fingerprint density at radius 2 is 1.71 bits per heavy atom. The Labute approximate surface area is 168 Å². The lowest BCUT2D eigenvalue weighted by Gasteiger charge is -2.44. The number of anilines is 2. The summed E-state index contributed by atoms with van der Waals surface area (Å²) in [5.74, 6) is 2.57. The second-order valence-corrected chi connectivity index (χ2v) is 9.57. The van der Waals surface area contributed by atoms with E-state index in [4.69, 9.17) is 9.97 Å². The molecule has 0 amide bonds. The van der Waals surface area contributed by atoms with E-state index < -0.39 is 0 Å². The minimum absolute atomic E-state index is 0.0473. The van der Waals surface area contributed by atoms with Gasteiger partial charge in [0.05, 0.1) is 5.69 Å². The molecule has 2 aromatic rings. The van der Waals surface area contributed by atoms with Gasteiger partial charge in [-0.2, -0.15) is 4.98 Å². The first kappa shape index (κ1) is 18.0. The van der Waals surface area contributed by atoms with Crippen LogP contribution in [0.25, 0.3) is 0 Å². The van der Waals surface area contributed by atoms with Crippen molar-refractivity contribution in [3.63, 3.8) is 0 Å². The average molecular weight is 377 g/mol. The van der Waals surface area contributed by atoms with Gasteiger partial charge in [0, 0.05) is 30.1 Å². The van der Waals surface area contributed by atoms with Crippen molar-refractivity contribution in [2.24, 2.45) is 0 Å². The number of nitrogens with one attached hydrogen (secondary N) is 1. The minimum Gasteiger partial charge on any atom is -0.351 e. The first-order chi connectivity index (χ1) is 13.6. The van der Waals surface area contributed by atoms with Gasteiger partial charge in [-0.1, -0.05) is 43.5 Å². The number of hydrogen-bond acceptors (Lipinski definition) is 4. The fourth-order valence-corrected chi connectivity index (χ4v) is 4.89. The molecule has 0 unspecified atom stereocenters. The Bertz CT molecular complexity index is 849. The van der Waals surface area contributed by atoms with Gasteiger partial charge in [-0.15, -0.1) is 0 Å². The highest BCUT2D eigenvalue weighted by Gasteiger charge is 2.35. The van der Waals surface area contributed by atoms with E-state index in [0.29, 0.717) is 12.0 Å². The third-order valence-corrected chi connectivity index (χ3v) is 6.74. The van der Waals surface area contributed by atoms with Crippen LogP contribution in [0.3, 0.4) is 0 Å². The van der Waals surface area contributed by atoms with Gasteiger partial charge in [0.1, 0.15) is 5.82 Å². The molecule has 0 saturated heterocycles. The van der Waals surface area contributed by atoms with Crippen molar-refractivity contribution >= 4 is 11.8 Å². The van der Waals surface area contributed by atoms with E-state index in [1.54, 1.807) is 0 Å². The van der Waals surface area contributed by atoms with Crippen LogP contribution in [0.1, 0.15) is 81.5 Å². The predicted octanol–water partition coefficient (Wildman–Crippen LogP) is 5.44. The van der Waals surface area contributed by atoms with E-state index in [9.17, 15) is 0 Å². The van der Waals surface area contributed by atoms with E-state index >= 15 is 0 Å². The third kappa shape index (κ3) is 3.61. The molecule has 0 radical (unpaired) electrons. The molecule has 1 aromatic carbocycles. The van der Waals surface area contributed by atoms with E-state index in [0.717, 1.165) is 24.7 Å². The van der Waals surface area contributed by atoms with Crippen molar-refractivity contribution in [2.45, 2.75) is 89.3 Å². The van der Waals surface area contributed by atoms with Crippen LogP contribution >= 0.6 is 0 Å². The fourth-order valence-electron chi connectivity index (χ4n) is 4.89. The minimum atomic E-state index is 0.0473. The van der Waals surface area contributed by atoms with Crippen molar-refractivity contribution in [1.82, 2.24) is 9.97 Å². The lowest BCUT2D eigenvalue weighted by atomic mass is 9.85. The van der Waals surface area contributed by atoms with E-state index in [1.165, 1.54) is 61.8 Å². The second kappa shape index (κ2) is 7.06. The molecule has 3 aliphatic rings. The molecule has 2 saturated carbocycles. The quantitative estimate of drug-likeness (QED) is 0.771. The lowest BCUT2D eigenvalue weighted by Crippen LogP contribution is -2.49. The van der Waals surface area contributed by atoms with Gasteiger partial charge in [0.25, 0.3) is 0 Å². The Kier molecular flexibility index (Phi) is 4.53. The molecular weight excluding hydrogens is 344 g/mol. The summed E-state index contributed by atoms with van der Waals surface area (Å²) in [7, 11) is 0. The highest BCUT2D eigenvalue weighted by Crippen LogP contribution is 2.42. The zero-order valence-electron chi connectivity index (χ0n) is 17.2. The molecule has 4 nitrogen and oxygen atoms in total. The summed E-state index contributed by atoms with van der Waals surface area (Å²) in [4.78, 5) is 12.5. The highest BCUT2D eigenvalue weighted by atomic mass is 15.3. The van der Waals surface area contributed by atoms with Crippen LogP contribution in [0.5, 0.6) is 0 Å². The van der Waals surface area contributed by atoms with Crippen LogP contribution < -0.4 is 10.2 Å². The summed E-state index contributed by atoms with van der Waals surface area (Å²) < 4.78 is 0. The molecule has 0 bridgehead atoms.